The van der Waals surface area contributed by atoms with Crippen molar-refractivity contribution in [1.29, 1.82) is 0 Å². The molecule has 19 heavy (non-hydrogen) atoms. The summed E-state index contributed by atoms with van der Waals surface area (Å²) in [6, 6.07) is 7.70. The molecule has 1 aromatic carbocycles. The first-order valence-corrected chi connectivity index (χ1v) is 7.18. The van der Waals surface area contributed by atoms with E-state index >= 15 is 0 Å². The summed E-state index contributed by atoms with van der Waals surface area (Å²) in [7, 11) is 0. The van der Waals surface area contributed by atoms with E-state index in [4.69, 9.17) is 5.11 Å². The van der Waals surface area contributed by atoms with Crippen LogP contribution in [0.15, 0.2) is 34.1 Å². The van der Waals surface area contributed by atoms with Gasteiger partial charge in [0.05, 0.1) is 9.35 Å². The van der Waals surface area contributed by atoms with Crippen LogP contribution < -0.4 is 5.32 Å². The second-order valence-corrected chi connectivity index (χ2v) is 6.43. The standard InChI is InChI=1S/C13H11BrFNO2S/c14-12-4-2-9(19-12)5-6-16-11-3-1-8(15)7-10(11)13(17)18/h1-4,7,16H,5-6H2,(H,17,18). The van der Waals surface area contributed by atoms with Gasteiger partial charge in [-0.15, -0.1) is 11.3 Å². The molecule has 0 aliphatic heterocycles. The van der Waals surface area contributed by atoms with E-state index in [0.717, 1.165) is 16.3 Å². The van der Waals surface area contributed by atoms with Gasteiger partial charge in [0.2, 0.25) is 0 Å². The van der Waals surface area contributed by atoms with E-state index in [1.807, 2.05) is 12.1 Å². The predicted octanol–water partition coefficient (Wildman–Crippen LogP) is 4.00. The van der Waals surface area contributed by atoms with Crippen LogP contribution in [-0.2, 0) is 6.42 Å². The summed E-state index contributed by atoms with van der Waals surface area (Å²) >= 11 is 5.02. The van der Waals surface area contributed by atoms with E-state index in [1.54, 1.807) is 11.3 Å². The van der Waals surface area contributed by atoms with Crippen LogP contribution in [0.5, 0.6) is 0 Å². The molecular formula is C13H11BrFNO2S. The fourth-order valence-corrected chi connectivity index (χ4v) is 3.14. The van der Waals surface area contributed by atoms with Crippen molar-refractivity contribution in [3.63, 3.8) is 0 Å². The van der Waals surface area contributed by atoms with Gasteiger partial charge in [-0.25, -0.2) is 9.18 Å². The number of benzene rings is 1. The van der Waals surface area contributed by atoms with Gasteiger partial charge < -0.3 is 10.4 Å². The molecule has 0 aliphatic rings. The lowest BCUT2D eigenvalue weighted by Gasteiger charge is -2.09. The Morgan fingerprint density at radius 1 is 1.37 bits per heavy atom. The minimum Gasteiger partial charge on any atom is -0.478 e. The van der Waals surface area contributed by atoms with Crippen molar-refractivity contribution in [2.75, 3.05) is 11.9 Å². The Kier molecular flexibility index (Phi) is 4.55. The number of carboxylic acid groups (broad SMARTS) is 1. The minimum atomic E-state index is -1.14. The van der Waals surface area contributed by atoms with Gasteiger partial charge in [-0.3, -0.25) is 0 Å². The van der Waals surface area contributed by atoms with Crippen LogP contribution in [0.2, 0.25) is 0 Å². The highest BCUT2D eigenvalue weighted by Crippen LogP contribution is 2.23. The molecule has 2 rings (SSSR count). The fourth-order valence-electron chi connectivity index (χ4n) is 1.65. The average Bonchev–Trinajstić information content (AvgIpc) is 2.77. The van der Waals surface area contributed by atoms with Crippen molar-refractivity contribution in [2.24, 2.45) is 0 Å². The third-order valence-electron chi connectivity index (χ3n) is 2.53. The number of hydrogen-bond acceptors (Lipinski definition) is 3. The zero-order valence-electron chi connectivity index (χ0n) is 9.82. The van der Waals surface area contributed by atoms with Gasteiger partial charge in [0.15, 0.2) is 0 Å². The second kappa shape index (κ2) is 6.16. The van der Waals surface area contributed by atoms with Crippen LogP contribution in [-0.4, -0.2) is 17.6 Å². The first-order valence-electron chi connectivity index (χ1n) is 5.57. The Balaban J connectivity index is 2.01. The second-order valence-electron chi connectivity index (χ2n) is 3.88. The molecule has 1 aromatic heterocycles. The summed E-state index contributed by atoms with van der Waals surface area (Å²) in [4.78, 5) is 12.2. The van der Waals surface area contributed by atoms with Crippen LogP contribution in [0.4, 0.5) is 10.1 Å². The number of aromatic carboxylic acids is 1. The number of anilines is 1. The maximum absolute atomic E-state index is 13.0. The largest absolute Gasteiger partial charge is 0.478 e. The van der Waals surface area contributed by atoms with Gasteiger partial charge >= 0.3 is 5.97 Å². The van der Waals surface area contributed by atoms with Gasteiger partial charge in [0.25, 0.3) is 0 Å². The van der Waals surface area contributed by atoms with Crippen molar-refractivity contribution in [3.05, 3.63) is 50.4 Å². The Bertz CT molecular complexity index is 600. The van der Waals surface area contributed by atoms with Crippen LogP contribution in [0.3, 0.4) is 0 Å². The van der Waals surface area contributed by atoms with Gasteiger partial charge in [0, 0.05) is 17.1 Å². The van der Waals surface area contributed by atoms with Crippen molar-refractivity contribution >= 4 is 38.9 Å². The number of nitrogens with one attached hydrogen (secondary N) is 1. The van der Waals surface area contributed by atoms with E-state index in [-0.39, 0.29) is 5.56 Å². The highest BCUT2D eigenvalue weighted by molar-refractivity contribution is 9.11. The van der Waals surface area contributed by atoms with Gasteiger partial charge in [-0.05, 0) is 52.7 Å². The van der Waals surface area contributed by atoms with Crippen LogP contribution in [0.1, 0.15) is 15.2 Å². The number of carbonyl (C=O) groups is 1. The monoisotopic (exact) mass is 343 g/mol. The Hall–Kier alpha value is -1.40. The van der Waals surface area contributed by atoms with E-state index in [9.17, 15) is 9.18 Å². The van der Waals surface area contributed by atoms with Crippen molar-refractivity contribution in [3.8, 4) is 0 Å². The van der Waals surface area contributed by atoms with Gasteiger partial charge in [0.1, 0.15) is 5.82 Å². The van der Waals surface area contributed by atoms with Crippen molar-refractivity contribution < 1.29 is 14.3 Å². The number of carboxylic acids is 1. The Morgan fingerprint density at radius 3 is 2.79 bits per heavy atom. The van der Waals surface area contributed by atoms with Gasteiger partial charge in [-0.1, -0.05) is 0 Å². The molecule has 0 saturated heterocycles. The lowest BCUT2D eigenvalue weighted by atomic mass is 10.1. The van der Waals surface area contributed by atoms with E-state index in [1.165, 1.54) is 17.0 Å². The van der Waals surface area contributed by atoms with Crippen molar-refractivity contribution in [2.45, 2.75) is 6.42 Å². The molecule has 3 nitrogen and oxygen atoms in total. The first-order chi connectivity index (χ1) is 9.06. The van der Waals surface area contributed by atoms with Gasteiger partial charge in [-0.2, -0.15) is 0 Å². The topological polar surface area (TPSA) is 49.3 Å². The number of halogens is 2. The molecule has 100 valence electrons. The molecule has 6 heteroatoms. The third kappa shape index (κ3) is 3.78. The highest BCUT2D eigenvalue weighted by atomic mass is 79.9. The summed E-state index contributed by atoms with van der Waals surface area (Å²) in [6.45, 7) is 0.596. The summed E-state index contributed by atoms with van der Waals surface area (Å²) < 4.78 is 14.1. The zero-order valence-corrected chi connectivity index (χ0v) is 12.2. The minimum absolute atomic E-state index is 0.0487. The number of rotatable bonds is 5. The predicted molar refractivity (Wildman–Crippen MR) is 77.6 cm³/mol. The normalized spacial score (nSPS) is 10.4. The third-order valence-corrected chi connectivity index (χ3v) is 4.21. The van der Waals surface area contributed by atoms with Crippen molar-refractivity contribution in [1.82, 2.24) is 0 Å². The van der Waals surface area contributed by atoms with E-state index in [2.05, 4.69) is 21.2 Å². The molecule has 2 N–H and O–H groups in total. The van der Waals surface area contributed by atoms with E-state index in [0.29, 0.717) is 12.2 Å². The number of thiophene rings is 1. The lowest BCUT2D eigenvalue weighted by Crippen LogP contribution is -2.09. The summed E-state index contributed by atoms with van der Waals surface area (Å²) in [5, 5.41) is 12.0. The maximum Gasteiger partial charge on any atom is 0.337 e. The molecule has 2 aromatic rings. The SMILES string of the molecule is O=C(O)c1cc(F)ccc1NCCc1ccc(Br)s1. The maximum atomic E-state index is 13.0. The summed E-state index contributed by atoms with van der Waals surface area (Å²) in [5.74, 6) is -1.69. The average molecular weight is 344 g/mol. The molecule has 0 bridgehead atoms. The van der Waals surface area contributed by atoms with Crippen LogP contribution in [0, 0.1) is 5.82 Å². The molecule has 0 spiro atoms. The fraction of sp³-hybridized carbons (Fsp3) is 0.154. The molecule has 0 fully saturated rings. The molecule has 0 saturated carbocycles. The van der Waals surface area contributed by atoms with Crippen LogP contribution >= 0.6 is 27.3 Å². The summed E-state index contributed by atoms with van der Waals surface area (Å²) in [5.41, 5.74) is 0.386. The highest BCUT2D eigenvalue weighted by Gasteiger charge is 2.10. The number of hydrogen-bond donors (Lipinski definition) is 2. The first kappa shape index (κ1) is 14.0. The molecule has 0 radical (unpaired) electrons. The molecule has 1 heterocycles. The quantitative estimate of drug-likeness (QED) is 0.862. The smallest absolute Gasteiger partial charge is 0.337 e. The van der Waals surface area contributed by atoms with E-state index < -0.39 is 11.8 Å². The molecule has 0 aliphatic carbocycles. The molecule has 0 atom stereocenters. The van der Waals surface area contributed by atoms with Crippen LogP contribution in [0.25, 0.3) is 0 Å². The Labute approximate surface area is 122 Å². The molecule has 0 amide bonds. The summed E-state index contributed by atoms with van der Waals surface area (Å²) in [6.07, 6.45) is 0.784. The Morgan fingerprint density at radius 2 is 2.16 bits per heavy atom. The lowest BCUT2D eigenvalue weighted by molar-refractivity contribution is 0.0697. The zero-order chi connectivity index (χ0) is 13.8. The molecular weight excluding hydrogens is 333 g/mol. The molecule has 0 unspecified atom stereocenters.